The first-order valence-electron chi connectivity index (χ1n) is 5.35. The molecule has 1 aliphatic heterocycles. The van der Waals surface area contributed by atoms with Crippen molar-refractivity contribution in [3.05, 3.63) is 18.5 Å². The summed E-state index contributed by atoms with van der Waals surface area (Å²) in [5.41, 5.74) is 0. The fraction of sp³-hybridized carbons (Fsp3) is 0.600. The second kappa shape index (κ2) is 4.79. The zero-order chi connectivity index (χ0) is 12.3. The van der Waals surface area contributed by atoms with Gasteiger partial charge in [-0.25, -0.2) is 4.79 Å². The van der Waals surface area contributed by atoms with Crippen LogP contribution in [0.15, 0.2) is 18.5 Å². The van der Waals surface area contributed by atoms with Crippen LogP contribution in [-0.2, 0) is 16.1 Å². The molecule has 1 aromatic heterocycles. The van der Waals surface area contributed by atoms with Crippen LogP contribution >= 0.6 is 0 Å². The summed E-state index contributed by atoms with van der Waals surface area (Å²) < 4.78 is 31.9. The Labute approximate surface area is 96.7 Å². The Morgan fingerprint density at radius 2 is 2.47 bits per heavy atom. The lowest BCUT2D eigenvalue weighted by Gasteiger charge is -2.09. The van der Waals surface area contributed by atoms with Crippen molar-refractivity contribution in [2.24, 2.45) is 0 Å². The summed E-state index contributed by atoms with van der Waals surface area (Å²) in [6, 6.07) is 1.80. The molecule has 0 radical (unpaired) electrons. The quantitative estimate of drug-likeness (QED) is 0.603. The standard InChI is InChI=1S/C10H13F2N3O2/c11-10(12)6-8(17-9(10)16)7-13-3-5-15-4-1-2-14-15/h1-2,4,8,13H,3,5-7H2. The van der Waals surface area contributed by atoms with E-state index in [0.29, 0.717) is 13.1 Å². The Morgan fingerprint density at radius 1 is 1.65 bits per heavy atom. The van der Waals surface area contributed by atoms with Gasteiger partial charge in [-0.1, -0.05) is 0 Å². The predicted octanol–water partition coefficient (Wildman–Crippen LogP) is 0.423. The number of carbonyl (C=O) groups excluding carboxylic acids is 1. The average molecular weight is 245 g/mol. The van der Waals surface area contributed by atoms with Crippen LogP contribution in [0.25, 0.3) is 0 Å². The molecule has 94 valence electrons. The maximum atomic E-state index is 12.8. The molecular weight excluding hydrogens is 232 g/mol. The highest BCUT2D eigenvalue weighted by atomic mass is 19.3. The monoisotopic (exact) mass is 245 g/mol. The van der Waals surface area contributed by atoms with Crippen molar-refractivity contribution >= 4 is 5.97 Å². The number of hydrogen-bond donors (Lipinski definition) is 1. The molecule has 0 saturated carbocycles. The van der Waals surface area contributed by atoms with E-state index in [1.165, 1.54) is 0 Å². The molecule has 17 heavy (non-hydrogen) atoms. The molecule has 1 saturated heterocycles. The third-order valence-electron chi connectivity index (χ3n) is 2.51. The number of alkyl halides is 2. The Balaban J connectivity index is 1.65. The van der Waals surface area contributed by atoms with Gasteiger partial charge in [0.05, 0.1) is 13.0 Å². The largest absolute Gasteiger partial charge is 0.456 e. The van der Waals surface area contributed by atoms with Crippen molar-refractivity contribution < 1.29 is 18.3 Å². The number of hydrogen-bond acceptors (Lipinski definition) is 4. The summed E-state index contributed by atoms with van der Waals surface area (Å²) in [5.74, 6) is -4.75. The Bertz CT molecular complexity index is 381. The lowest BCUT2D eigenvalue weighted by atomic mass is 10.2. The third kappa shape index (κ3) is 3.00. The molecule has 0 aromatic carbocycles. The minimum atomic E-state index is -3.33. The van der Waals surface area contributed by atoms with E-state index < -0.39 is 24.4 Å². The SMILES string of the molecule is O=C1OC(CNCCn2cccn2)CC1(F)F. The van der Waals surface area contributed by atoms with Gasteiger partial charge in [-0.3, -0.25) is 4.68 Å². The summed E-state index contributed by atoms with van der Waals surface area (Å²) in [7, 11) is 0. The number of cyclic esters (lactones) is 1. The maximum absolute atomic E-state index is 12.8. The van der Waals surface area contributed by atoms with Gasteiger partial charge in [0.2, 0.25) is 0 Å². The molecule has 2 heterocycles. The van der Waals surface area contributed by atoms with Crippen LogP contribution in [0.4, 0.5) is 8.78 Å². The van der Waals surface area contributed by atoms with Crippen LogP contribution in [0.5, 0.6) is 0 Å². The fourth-order valence-corrected chi connectivity index (χ4v) is 1.65. The number of halogens is 2. The van der Waals surface area contributed by atoms with E-state index in [0.717, 1.165) is 0 Å². The average Bonchev–Trinajstić information content (AvgIpc) is 2.83. The van der Waals surface area contributed by atoms with Gasteiger partial charge in [-0.15, -0.1) is 0 Å². The normalized spacial score (nSPS) is 22.7. The van der Waals surface area contributed by atoms with E-state index in [-0.39, 0.29) is 6.54 Å². The first kappa shape index (κ1) is 12.0. The number of rotatable bonds is 5. The van der Waals surface area contributed by atoms with Gasteiger partial charge in [-0.2, -0.15) is 13.9 Å². The summed E-state index contributed by atoms with van der Waals surface area (Å²) >= 11 is 0. The van der Waals surface area contributed by atoms with Crippen LogP contribution in [0.2, 0.25) is 0 Å². The number of esters is 1. The minimum Gasteiger partial charge on any atom is -0.456 e. The molecule has 0 bridgehead atoms. The van der Waals surface area contributed by atoms with Crippen molar-refractivity contribution in [1.29, 1.82) is 0 Å². The number of carbonyl (C=O) groups is 1. The molecule has 7 heteroatoms. The van der Waals surface area contributed by atoms with Gasteiger partial charge in [0.25, 0.3) is 0 Å². The highest BCUT2D eigenvalue weighted by Crippen LogP contribution is 2.30. The minimum absolute atomic E-state index is 0.239. The first-order chi connectivity index (χ1) is 8.08. The van der Waals surface area contributed by atoms with E-state index in [1.54, 1.807) is 16.9 Å². The summed E-state index contributed by atoms with van der Waals surface area (Å²) in [5, 5.41) is 6.94. The van der Waals surface area contributed by atoms with Crippen LogP contribution in [0.3, 0.4) is 0 Å². The second-order valence-electron chi connectivity index (χ2n) is 3.91. The van der Waals surface area contributed by atoms with Crippen molar-refractivity contribution in [2.45, 2.75) is 25.0 Å². The molecule has 1 aliphatic rings. The third-order valence-corrected chi connectivity index (χ3v) is 2.51. The summed E-state index contributed by atoms with van der Waals surface area (Å²) in [6.07, 6.45) is 2.20. The van der Waals surface area contributed by atoms with Crippen LogP contribution in [-0.4, -0.2) is 40.9 Å². The van der Waals surface area contributed by atoms with Gasteiger partial charge in [0, 0.05) is 25.5 Å². The highest BCUT2D eigenvalue weighted by Gasteiger charge is 2.50. The topological polar surface area (TPSA) is 56.1 Å². The molecule has 0 aliphatic carbocycles. The molecule has 1 atom stereocenters. The van der Waals surface area contributed by atoms with Gasteiger partial charge in [-0.05, 0) is 6.07 Å². The Kier molecular flexibility index (Phi) is 3.37. The van der Waals surface area contributed by atoms with Crippen LogP contribution in [0, 0.1) is 0 Å². The van der Waals surface area contributed by atoms with E-state index in [2.05, 4.69) is 15.2 Å². The molecule has 1 fully saturated rings. The van der Waals surface area contributed by atoms with E-state index in [4.69, 9.17) is 0 Å². The smallest absolute Gasteiger partial charge is 0.377 e. The second-order valence-corrected chi connectivity index (χ2v) is 3.91. The lowest BCUT2D eigenvalue weighted by Crippen LogP contribution is -2.29. The zero-order valence-electron chi connectivity index (χ0n) is 9.10. The molecule has 2 rings (SSSR count). The number of ether oxygens (including phenoxy) is 1. The van der Waals surface area contributed by atoms with Gasteiger partial charge in [0.15, 0.2) is 0 Å². The Morgan fingerprint density at radius 3 is 3.06 bits per heavy atom. The fourth-order valence-electron chi connectivity index (χ4n) is 1.65. The lowest BCUT2D eigenvalue weighted by molar-refractivity contribution is -0.159. The highest BCUT2D eigenvalue weighted by molar-refractivity contribution is 5.79. The number of nitrogens with zero attached hydrogens (tertiary/aromatic N) is 2. The van der Waals surface area contributed by atoms with Crippen LogP contribution in [0.1, 0.15) is 6.42 Å². The Hall–Kier alpha value is -1.50. The molecular formula is C10H13F2N3O2. The van der Waals surface area contributed by atoms with Crippen molar-refractivity contribution in [1.82, 2.24) is 15.1 Å². The van der Waals surface area contributed by atoms with Crippen molar-refractivity contribution in [3.8, 4) is 0 Å². The van der Waals surface area contributed by atoms with Crippen molar-refractivity contribution in [3.63, 3.8) is 0 Å². The van der Waals surface area contributed by atoms with Crippen LogP contribution < -0.4 is 5.32 Å². The molecule has 1 N–H and O–H groups in total. The number of nitrogens with one attached hydrogen (secondary N) is 1. The van der Waals surface area contributed by atoms with E-state index in [9.17, 15) is 13.6 Å². The number of aromatic nitrogens is 2. The summed E-state index contributed by atoms with van der Waals surface area (Å²) in [6.45, 7) is 1.47. The molecule has 5 nitrogen and oxygen atoms in total. The van der Waals surface area contributed by atoms with Gasteiger partial charge in [0.1, 0.15) is 6.10 Å². The molecule has 0 spiro atoms. The molecule has 1 unspecified atom stereocenters. The molecule has 0 amide bonds. The van der Waals surface area contributed by atoms with E-state index >= 15 is 0 Å². The summed E-state index contributed by atoms with van der Waals surface area (Å²) in [4.78, 5) is 10.7. The van der Waals surface area contributed by atoms with Crippen molar-refractivity contribution in [2.75, 3.05) is 13.1 Å². The predicted molar refractivity (Wildman–Crippen MR) is 54.5 cm³/mol. The first-order valence-corrected chi connectivity index (χ1v) is 5.35. The van der Waals surface area contributed by atoms with E-state index in [1.807, 2.05) is 6.20 Å². The molecule has 1 aromatic rings. The zero-order valence-corrected chi connectivity index (χ0v) is 9.10. The van der Waals surface area contributed by atoms with Gasteiger partial charge < -0.3 is 10.1 Å². The van der Waals surface area contributed by atoms with Gasteiger partial charge >= 0.3 is 11.9 Å². The maximum Gasteiger partial charge on any atom is 0.377 e.